The Kier molecular flexibility index (Phi) is 3.99. The van der Waals surface area contributed by atoms with Crippen molar-refractivity contribution in [2.45, 2.75) is 12.5 Å². The first-order valence-corrected chi connectivity index (χ1v) is 6.35. The second kappa shape index (κ2) is 5.36. The summed E-state index contributed by atoms with van der Waals surface area (Å²) in [6.45, 7) is 3.05. The van der Waals surface area contributed by atoms with E-state index >= 15 is 0 Å². The maximum Gasteiger partial charge on any atom is 0.238 e. The third-order valence-electron chi connectivity index (χ3n) is 2.93. The number of aliphatic hydroxyl groups is 1. The average Bonchev–Trinajstić information content (AvgIpc) is 2.26. The smallest absolute Gasteiger partial charge is 0.238 e. The van der Waals surface area contributed by atoms with E-state index in [-0.39, 0.29) is 12.5 Å². The van der Waals surface area contributed by atoms with Gasteiger partial charge >= 0.3 is 0 Å². The van der Waals surface area contributed by atoms with E-state index < -0.39 is 5.60 Å². The van der Waals surface area contributed by atoms with Crippen LogP contribution in [0, 0.1) is 0 Å². The Bertz CT molecular complexity index is 483. The van der Waals surface area contributed by atoms with E-state index in [1.54, 1.807) is 25.1 Å². The molecule has 2 N–H and O–H groups in total. The molecular weight excluding hydrogens is 268 g/mol. The molecule has 104 valence electrons. The number of methoxy groups -OCH3 is 1. The van der Waals surface area contributed by atoms with Crippen molar-refractivity contribution in [2.24, 2.45) is 0 Å². The van der Waals surface area contributed by atoms with Crippen LogP contribution in [0.3, 0.4) is 0 Å². The number of hydrogen-bond donors (Lipinski definition) is 2. The van der Waals surface area contributed by atoms with Crippen molar-refractivity contribution in [3.63, 3.8) is 0 Å². The van der Waals surface area contributed by atoms with Crippen molar-refractivity contribution in [2.75, 3.05) is 32.1 Å². The first kappa shape index (κ1) is 14.1. The van der Waals surface area contributed by atoms with Crippen molar-refractivity contribution in [3.8, 4) is 5.75 Å². The molecule has 1 aliphatic heterocycles. The number of benzene rings is 1. The fraction of sp³-hybridized carbons (Fsp3) is 0.462. The summed E-state index contributed by atoms with van der Waals surface area (Å²) in [5.41, 5.74) is -0.0351. The van der Waals surface area contributed by atoms with Crippen molar-refractivity contribution >= 4 is 23.2 Å². The number of amides is 1. The van der Waals surface area contributed by atoms with Crippen molar-refractivity contribution in [1.29, 1.82) is 0 Å². The maximum atomic E-state index is 11.8. The van der Waals surface area contributed by atoms with Crippen LogP contribution >= 0.6 is 11.6 Å². The monoisotopic (exact) mass is 284 g/mol. The highest BCUT2D eigenvalue weighted by atomic mass is 35.5. The van der Waals surface area contributed by atoms with E-state index in [1.807, 2.05) is 4.90 Å². The highest BCUT2D eigenvalue weighted by molar-refractivity contribution is 6.32. The number of anilines is 1. The topological polar surface area (TPSA) is 61.8 Å². The normalized spacial score (nSPS) is 17.7. The maximum absolute atomic E-state index is 11.8. The standard InChI is InChI=1S/C13H17ClN2O3/c1-13(18)7-16(8-13)6-12(17)15-9-3-4-11(19-2)10(14)5-9/h3-5,18H,6-8H2,1-2H3,(H,15,17). The van der Waals surface area contributed by atoms with Crippen molar-refractivity contribution in [1.82, 2.24) is 4.90 Å². The SMILES string of the molecule is COc1ccc(NC(=O)CN2CC(C)(O)C2)cc1Cl. The largest absolute Gasteiger partial charge is 0.495 e. The fourth-order valence-corrected chi connectivity index (χ4v) is 2.43. The van der Waals surface area contributed by atoms with Crippen LogP contribution in [0.25, 0.3) is 0 Å². The Morgan fingerprint density at radius 2 is 2.26 bits per heavy atom. The van der Waals surface area contributed by atoms with Gasteiger partial charge in [0.2, 0.25) is 5.91 Å². The number of ether oxygens (including phenoxy) is 1. The highest BCUT2D eigenvalue weighted by Crippen LogP contribution is 2.27. The molecule has 0 bridgehead atoms. The number of carbonyl (C=O) groups is 1. The third kappa shape index (κ3) is 3.59. The van der Waals surface area contributed by atoms with Gasteiger partial charge in [-0.15, -0.1) is 0 Å². The number of rotatable bonds is 4. The van der Waals surface area contributed by atoms with Gasteiger partial charge in [0.05, 0.1) is 24.3 Å². The van der Waals surface area contributed by atoms with E-state index in [1.165, 1.54) is 7.11 Å². The molecule has 0 radical (unpaired) electrons. The molecule has 2 rings (SSSR count). The molecule has 0 aliphatic carbocycles. The van der Waals surface area contributed by atoms with Crippen LogP contribution in [0.5, 0.6) is 5.75 Å². The zero-order valence-corrected chi connectivity index (χ0v) is 11.7. The lowest BCUT2D eigenvalue weighted by atomic mass is 9.97. The van der Waals surface area contributed by atoms with Crippen LogP contribution in [0.15, 0.2) is 18.2 Å². The predicted molar refractivity (Wildman–Crippen MR) is 73.7 cm³/mol. The van der Waals surface area contributed by atoms with E-state index in [0.717, 1.165) is 0 Å². The summed E-state index contributed by atoms with van der Waals surface area (Å²) in [4.78, 5) is 13.7. The summed E-state index contributed by atoms with van der Waals surface area (Å²) in [6, 6.07) is 5.08. The Morgan fingerprint density at radius 3 is 2.79 bits per heavy atom. The summed E-state index contributed by atoms with van der Waals surface area (Å²) in [5, 5.41) is 12.8. The second-order valence-corrected chi connectivity index (χ2v) is 5.45. The molecule has 0 aromatic heterocycles. The molecule has 1 saturated heterocycles. The van der Waals surface area contributed by atoms with Crippen molar-refractivity contribution in [3.05, 3.63) is 23.2 Å². The molecule has 1 aromatic carbocycles. The Labute approximate surface area is 117 Å². The van der Waals surface area contributed by atoms with Crippen LogP contribution in [-0.2, 0) is 4.79 Å². The number of β-amino-alcohol motifs (C(OH)–C–C–N with tert-alkyl or cyclic N) is 1. The van der Waals surface area contributed by atoms with E-state index in [9.17, 15) is 9.90 Å². The number of halogens is 1. The molecule has 0 saturated carbocycles. The lowest BCUT2D eigenvalue weighted by Gasteiger charge is -2.43. The number of nitrogens with zero attached hydrogens (tertiary/aromatic N) is 1. The van der Waals surface area contributed by atoms with Gasteiger partial charge in [0.15, 0.2) is 0 Å². The van der Waals surface area contributed by atoms with Gasteiger partial charge in [-0.05, 0) is 25.1 Å². The van der Waals surface area contributed by atoms with Gasteiger partial charge < -0.3 is 15.2 Å². The molecule has 1 amide bonds. The second-order valence-electron chi connectivity index (χ2n) is 5.04. The van der Waals surface area contributed by atoms with Gasteiger partial charge in [-0.3, -0.25) is 9.69 Å². The molecule has 1 fully saturated rings. The third-order valence-corrected chi connectivity index (χ3v) is 3.23. The minimum atomic E-state index is -0.663. The minimum Gasteiger partial charge on any atom is -0.495 e. The average molecular weight is 285 g/mol. The minimum absolute atomic E-state index is 0.128. The first-order valence-electron chi connectivity index (χ1n) is 5.98. The molecule has 1 aliphatic rings. The Hall–Kier alpha value is -1.30. The van der Waals surface area contributed by atoms with E-state index in [4.69, 9.17) is 16.3 Å². The van der Waals surface area contributed by atoms with Crippen LogP contribution in [0.1, 0.15) is 6.92 Å². The van der Waals surface area contributed by atoms with Gasteiger partial charge in [-0.1, -0.05) is 11.6 Å². The summed E-state index contributed by atoms with van der Waals surface area (Å²) >= 11 is 5.97. The lowest BCUT2D eigenvalue weighted by molar-refractivity contribution is -0.125. The zero-order chi connectivity index (χ0) is 14.0. The fourth-order valence-electron chi connectivity index (χ4n) is 2.18. The zero-order valence-electron chi connectivity index (χ0n) is 10.9. The summed E-state index contributed by atoms with van der Waals surface area (Å²) < 4.78 is 5.04. The predicted octanol–water partition coefficient (Wildman–Crippen LogP) is 1.35. The Balaban J connectivity index is 1.87. The number of nitrogens with one attached hydrogen (secondary N) is 1. The molecule has 0 unspecified atom stereocenters. The van der Waals surface area contributed by atoms with E-state index in [0.29, 0.717) is 29.5 Å². The number of hydrogen-bond acceptors (Lipinski definition) is 4. The quantitative estimate of drug-likeness (QED) is 0.876. The van der Waals surface area contributed by atoms with Crippen LogP contribution in [0.4, 0.5) is 5.69 Å². The van der Waals surface area contributed by atoms with Gasteiger partial charge in [0, 0.05) is 18.8 Å². The summed E-state index contributed by atoms with van der Waals surface area (Å²) in [7, 11) is 1.54. The molecule has 5 nitrogen and oxygen atoms in total. The first-order chi connectivity index (χ1) is 8.89. The van der Waals surface area contributed by atoms with Gasteiger partial charge in [-0.25, -0.2) is 0 Å². The Morgan fingerprint density at radius 1 is 1.58 bits per heavy atom. The highest BCUT2D eigenvalue weighted by Gasteiger charge is 2.37. The van der Waals surface area contributed by atoms with Gasteiger partial charge in [-0.2, -0.15) is 0 Å². The molecule has 0 spiro atoms. The van der Waals surface area contributed by atoms with Gasteiger partial charge in [0.1, 0.15) is 5.75 Å². The van der Waals surface area contributed by atoms with Gasteiger partial charge in [0.25, 0.3) is 0 Å². The molecule has 1 heterocycles. The summed E-state index contributed by atoms with van der Waals surface area (Å²) in [6.07, 6.45) is 0. The van der Waals surface area contributed by atoms with Crippen molar-refractivity contribution < 1.29 is 14.6 Å². The van der Waals surface area contributed by atoms with Crippen LogP contribution in [-0.4, -0.2) is 48.3 Å². The van der Waals surface area contributed by atoms with Crippen LogP contribution in [0.2, 0.25) is 5.02 Å². The lowest BCUT2D eigenvalue weighted by Crippen LogP contribution is -2.61. The molecule has 19 heavy (non-hydrogen) atoms. The van der Waals surface area contributed by atoms with Crippen LogP contribution < -0.4 is 10.1 Å². The van der Waals surface area contributed by atoms with E-state index in [2.05, 4.69) is 5.32 Å². The number of likely N-dealkylation sites (tertiary alicyclic amines) is 1. The molecule has 6 heteroatoms. The number of carbonyl (C=O) groups excluding carboxylic acids is 1. The molecule has 0 atom stereocenters. The molecule has 1 aromatic rings. The summed E-state index contributed by atoms with van der Waals surface area (Å²) in [5.74, 6) is 0.440. The molecular formula is C13H17ClN2O3.